The molecule has 1 amide bonds. The van der Waals surface area contributed by atoms with Gasteiger partial charge in [0.1, 0.15) is 6.61 Å². The molecule has 0 bridgehead atoms. The molecule has 0 aliphatic rings. The second-order valence-corrected chi connectivity index (χ2v) is 4.46. The molecular weight excluding hydrogens is 280 g/mol. The molecule has 0 unspecified atom stereocenters. The third-order valence-electron chi connectivity index (χ3n) is 2.78. The van der Waals surface area contributed by atoms with Crippen molar-refractivity contribution in [3.63, 3.8) is 0 Å². The predicted octanol–water partition coefficient (Wildman–Crippen LogP) is 2.04. The van der Waals surface area contributed by atoms with Crippen LogP contribution in [0.25, 0.3) is 0 Å². The van der Waals surface area contributed by atoms with E-state index in [9.17, 15) is 9.59 Å². The van der Waals surface area contributed by atoms with Crippen molar-refractivity contribution in [2.45, 2.75) is 13.0 Å². The van der Waals surface area contributed by atoms with Crippen LogP contribution >= 0.6 is 0 Å². The Bertz CT molecular complexity index is 727. The summed E-state index contributed by atoms with van der Waals surface area (Å²) in [4.78, 5) is 25.7. The van der Waals surface area contributed by atoms with Crippen molar-refractivity contribution in [1.29, 1.82) is 0 Å². The SMILES string of the molecule is O=C(NCCC#Cc1c[nH]ccc1=O)OCc1ccccc1. The Morgan fingerprint density at radius 3 is 2.82 bits per heavy atom. The first kappa shape index (κ1) is 15.4. The molecule has 2 N–H and O–H groups in total. The summed E-state index contributed by atoms with van der Waals surface area (Å²) >= 11 is 0. The number of pyridine rings is 1. The van der Waals surface area contributed by atoms with Gasteiger partial charge in [-0.1, -0.05) is 42.2 Å². The molecule has 2 rings (SSSR count). The topological polar surface area (TPSA) is 71.2 Å². The Hall–Kier alpha value is -3.00. The average Bonchev–Trinajstić information content (AvgIpc) is 2.55. The Labute approximate surface area is 128 Å². The highest BCUT2D eigenvalue weighted by Crippen LogP contribution is 2.00. The molecule has 0 fully saturated rings. The molecule has 0 spiro atoms. The molecule has 1 aromatic carbocycles. The highest BCUT2D eigenvalue weighted by atomic mass is 16.5. The van der Waals surface area contributed by atoms with E-state index in [1.165, 1.54) is 6.07 Å². The van der Waals surface area contributed by atoms with Crippen LogP contribution in [0.3, 0.4) is 0 Å². The molecule has 1 aromatic heterocycles. The number of rotatable bonds is 4. The number of H-pyrrole nitrogens is 1. The lowest BCUT2D eigenvalue weighted by molar-refractivity contribution is 0.140. The maximum atomic E-state index is 11.5. The summed E-state index contributed by atoms with van der Waals surface area (Å²) in [5.41, 5.74) is 1.22. The number of amides is 1. The normalized spacial score (nSPS) is 9.45. The molecule has 112 valence electrons. The Balaban J connectivity index is 1.68. The molecule has 22 heavy (non-hydrogen) atoms. The number of hydrogen-bond donors (Lipinski definition) is 2. The minimum Gasteiger partial charge on any atom is -0.445 e. The van der Waals surface area contributed by atoms with Gasteiger partial charge in [0.25, 0.3) is 0 Å². The van der Waals surface area contributed by atoms with Gasteiger partial charge in [-0.25, -0.2) is 4.79 Å². The number of ether oxygens (including phenoxy) is 1. The van der Waals surface area contributed by atoms with Gasteiger partial charge >= 0.3 is 6.09 Å². The average molecular weight is 296 g/mol. The molecule has 0 aliphatic carbocycles. The van der Waals surface area contributed by atoms with Crippen LogP contribution in [0.1, 0.15) is 17.5 Å². The molecule has 0 aliphatic heterocycles. The third kappa shape index (κ3) is 5.17. The van der Waals surface area contributed by atoms with Crippen molar-refractivity contribution in [2.75, 3.05) is 6.54 Å². The van der Waals surface area contributed by atoms with E-state index >= 15 is 0 Å². The fraction of sp³-hybridized carbons (Fsp3) is 0.176. The summed E-state index contributed by atoms with van der Waals surface area (Å²) in [6, 6.07) is 10.9. The fourth-order valence-corrected chi connectivity index (χ4v) is 1.67. The van der Waals surface area contributed by atoms with Crippen LogP contribution in [0.5, 0.6) is 0 Å². The maximum absolute atomic E-state index is 11.5. The van der Waals surface area contributed by atoms with Gasteiger partial charge in [0.05, 0.1) is 5.56 Å². The van der Waals surface area contributed by atoms with Crippen LogP contribution in [0.2, 0.25) is 0 Å². The van der Waals surface area contributed by atoms with Gasteiger partial charge in [0.2, 0.25) is 0 Å². The van der Waals surface area contributed by atoms with E-state index < -0.39 is 6.09 Å². The first-order valence-corrected chi connectivity index (χ1v) is 6.86. The number of alkyl carbamates (subject to hydrolysis) is 1. The molecular formula is C17H16N2O3. The molecule has 0 saturated carbocycles. The van der Waals surface area contributed by atoms with E-state index in [0.717, 1.165) is 5.56 Å². The second-order valence-electron chi connectivity index (χ2n) is 4.46. The second kappa shape index (κ2) is 8.32. The van der Waals surface area contributed by atoms with Crippen molar-refractivity contribution < 1.29 is 9.53 Å². The summed E-state index contributed by atoms with van der Waals surface area (Å²) in [5, 5.41) is 2.60. The zero-order valence-electron chi connectivity index (χ0n) is 12.0. The predicted molar refractivity (Wildman–Crippen MR) is 83.2 cm³/mol. The van der Waals surface area contributed by atoms with E-state index in [-0.39, 0.29) is 12.0 Å². The van der Waals surface area contributed by atoms with Crippen LogP contribution < -0.4 is 10.7 Å². The van der Waals surface area contributed by atoms with Crippen molar-refractivity contribution in [3.8, 4) is 11.8 Å². The zero-order chi connectivity index (χ0) is 15.6. The monoisotopic (exact) mass is 296 g/mol. The van der Waals surface area contributed by atoms with E-state index in [1.54, 1.807) is 12.4 Å². The van der Waals surface area contributed by atoms with Gasteiger partial charge in [0.15, 0.2) is 5.43 Å². The summed E-state index contributed by atoms with van der Waals surface area (Å²) in [6.07, 6.45) is 3.06. The largest absolute Gasteiger partial charge is 0.445 e. The lowest BCUT2D eigenvalue weighted by atomic mass is 10.2. The molecule has 0 saturated heterocycles. The van der Waals surface area contributed by atoms with Gasteiger partial charge in [-0.2, -0.15) is 0 Å². The Morgan fingerprint density at radius 2 is 2.05 bits per heavy atom. The summed E-state index contributed by atoms with van der Waals surface area (Å²) in [5.74, 6) is 5.59. The van der Waals surface area contributed by atoms with Gasteiger partial charge < -0.3 is 15.0 Å². The van der Waals surface area contributed by atoms with E-state index in [1.807, 2.05) is 30.3 Å². The minimum atomic E-state index is -0.483. The molecule has 0 atom stereocenters. The van der Waals surface area contributed by atoms with E-state index in [0.29, 0.717) is 18.5 Å². The van der Waals surface area contributed by atoms with Crippen LogP contribution in [0, 0.1) is 11.8 Å². The van der Waals surface area contributed by atoms with Crippen LogP contribution in [-0.2, 0) is 11.3 Å². The molecule has 2 aromatic rings. The van der Waals surface area contributed by atoms with Gasteiger partial charge in [-0.15, -0.1) is 0 Å². The molecule has 5 nitrogen and oxygen atoms in total. The summed E-state index contributed by atoms with van der Waals surface area (Å²) in [7, 11) is 0. The fourth-order valence-electron chi connectivity index (χ4n) is 1.67. The molecule has 5 heteroatoms. The number of carbonyl (C=O) groups is 1. The van der Waals surface area contributed by atoms with Crippen molar-refractivity contribution in [1.82, 2.24) is 10.3 Å². The lowest BCUT2D eigenvalue weighted by Crippen LogP contribution is -2.24. The number of hydrogen-bond acceptors (Lipinski definition) is 3. The van der Waals surface area contributed by atoms with Crippen LogP contribution in [0.4, 0.5) is 4.79 Å². The van der Waals surface area contributed by atoms with Crippen LogP contribution in [0.15, 0.2) is 53.6 Å². The van der Waals surface area contributed by atoms with Crippen molar-refractivity contribution >= 4 is 6.09 Å². The van der Waals surface area contributed by atoms with Gasteiger partial charge in [-0.3, -0.25) is 4.79 Å². The Morgan fingerprint density at radius 1 is 1.23 bits per heavy atom. The summed E-state index contributed by atoms with van der Waals surface area (Å²) in [6.45, 7) is 0.600. The third-order valence-corrected chi connectivity index (χ3v) is 2.78. The minimum absolute atomic E-state index is 0.124. The molecule has 0 radical (unpaired) electrons. The lowest BCUT2D eigenvalue weighted by Gasteiger charge is -2.05. The zero-order valence-corrected chi connectivity index (χ0v) is 12.0. The highest BCUT2D eigenvalue weighted by Gasteiger charge is 2.00. The summed E-state index contributed by atoms with van der Waals surface area (Å²) < 4.78 is 5.06. The number of aromatic amines is 1. The molecule has 1 heterocycles. The smallest absolute Gasteiger partial charge is 0.407 e. The first-order valence-electron chi connectivity index (χ1n) is 6.86. The van der Waals surface area contributed by atoms with E-state index in [4.69, 9.17) is 4.74 Å². The highest BCUT2D eigenvalue weighted by molar-refractivity contribution is 5.67. The number of benzene rings is 1. The van der Waals surface area contributed by atoms with Crippen LogP contribution in [-0.4, -0.2) is 17.6 Å². The van der Waals surface area contributed by atoms with Crippen molar-refractivity contribution in [2.24, 2.45) is 0 Å². The van der Waals surface area contributed by atoms with E-state index in [2.05, 4.69) is 22.1 Å². The number of nitrogens with one attached hydrogen (secondary N) is 2. The standard InChI is InChI=1S/C17H16N2O3/c20-16-9-11-18-12-15(16)8-4-5-10-19-17(21)22-13-14-6-2-1-3-7-14/h1-3,6-7,9,11-12H,5,10,13H2,(H,18,20)(H,19,21). The Kier molecular flexibility index (Phi) is 5.82. The van der Waals surface area contributed by atoms with Crippen molar-refractivity contribution in [3.05, 3.63) is 70.1 Å². The van der Waals surface area contributed by atoms with Gasteiger partial charge in [0, 0.05) is 31.4 Å². The van der Waals surface area contributed by atoms with Gasteiger partial charge in [-0.05, 0) is 5.56 Å². The number of carbonyl (C=O) groups excluding carboxylic acids is 1. The quantitative estimate of drug-likeness (QED) is 0.670. The maximum Gasteiger partial charge on any atom is 0.407 e. The number of aromatic nitrogens is 1. The first-order chi connectivity index (χ1) is 10.8.